The maximum Gasteiger partial charge on any atom is 0.329 e. The Kier molecular flexibility index (Phi) is 6.23. The summed E-state index contributed by atoms with van der Waals surface area (Å²) in [4.78, 5) is 35.4. The Morgan fingerprint density at radius 3 is 2.29 bits per heavy atom. The van der Waals surface area contributed by atoms with Gasteiger partial charge in [-0.1, -0.05) is 37.8 Å². The second kappa shape index (κ2) is 9.63. The van der Waals surface area contributed by atoms with Gasteiger partial charge in [0.15, 0.2) is 11.9 Å². The lowest BCUT2D eigenvalue weighted by molar-refractivity contribution is -0.145. The predicted octanol–water partition coefficient (Wildman–Crippen LogP) is 4.21. The third-order valence-corrected chi connectivity index (χ3v) is 10.6. The van der Waals surface area contributed by atoms with Crippen molar-refractivity contribution in [1.82, 2.24) is 14.5 Å². The Bertz CT molecular complexity index is 1250. The van der Waals surface area contributed by atoms with Gasteiger partial charge in [-0.2, -0.15) is 0 Å². The van der Waals surface area contributed by atoms with E-state index in [9.17, 15) is 14.7 Å². The first-order valence-electron chi connectivity index (χ1n) is 14.8. The average Bonchev–Trinajstić information content (AvgIpc) is 2.87. The SMILES string of the molecule is CO[C@H]1CN(c2nc3ccccc3n(C3C[C@H]4CCC[C@@H](C3)N4C3C[C@H]4CCC[C@@H](C3)C4)c2=O)[C@@H]1C(=O)O. The lowest BCUT2D eigenvalue weighted by atomic mass is 9.68. The number of anilines is 1. The summed E-state index contributed by atoms with van der Waals surface area (Å²) in [6.07, 6.45) is 13.7. The quantitative estimate of drug-likeness (QED) is 0.632. The second-order valence-corrected chi connectivity index (χ2v) is 12.6. The Hall–Kier alpha value is -2.45. The summed E-state index contributed by atoms with van der Waals surface area (Å²) in [5.74, 6) is 1.09. The molecular weight excluding hydrogens is 480 g/mol. The van der Waals surface area contributed by atoms with Gasteiger partial charge in [0.2, 0.25) is 0 Å². The molecule has 8 heteroatoms. The summed E-state index contributed by atoms with van der Waals surface area (Å²) < 4.78 is 7.35. The van der Waals surface area contributed by atoms with Crippen molar-refractivity contribution in [2.75, 3.05) is 18.6 Å². The van der Waals surface area contributed by atoms with Crippen LogP contribution in [0.25, 0.3) is 11.0 Å². The highest BCUT2D eigenvalue weighted by Crippen LogP contribution is 2.47. The number of carboxylic acid groups (broad SMARTS) is 1. The number of benzene rings is 1. The van der Waals surface area contributed by atoms with E-state index in [1.807, 2.05) is 28.8 Å². The molecule has 0 spiro atoms. The summed E-state index contributed by atoms with van der Waals surface area (Å²) >= 11 is 0. The fourth-order valence-electron chi connectivity index (χ4n) is 9.01. The fourth-order valence-corrected chi connectivity index (χ4v) is 9.01. The summed E-state index contributed by atoms with van der Waals surface area (Å²) in [7, 11) is 1.52. The van der Waals surface area contributed by atoms with E-state index in [0.29, 0.717) is 24.7 Å². The smallest absolute Gasteiger partial charge is 0.329 e. The van der Waals surface area contributed by atoms with Gasteiger partial charge in [-0.25, -0.2) is 9.78 Å². The zero-order valence-corrected chi connectivity index (χ0v) is 22.4. The molecule has 4 bridgehead atoms. The Morgan fingerprint density at radius 1 is 0.921 bits per heavy atom. The fraction of sp³-hybridized carbons (Fsp3) is 0.700. The molecule has 2 unspecified atom stereocenters. The van der Waals surface area contributed by atoms with Gasteiger partial charge < -0.3 is 19.3 Å². The summed E-state index contributed by atoms with van der Waals surface area (Å²) in [5.41, 5.74) is 1.45. The number of ether oxygens (including phenoxy) is 1. The monoisotopic (exact) mass is 520 g/mol. The minimum absolute atomic E-state index is 0.103. The van der Waals surface area contributed by atoms with E-state index >= 15 is 0 Å². The topological polar surface area (TPSA) is 87.9 Å². The van der Waals surface area contributed by atoms with Gasteiger partial charge >= 0.3 is 5.97 Å². The number of methoxy groups -OCH3 is 1. The van der Waals surface area contributed by atoms with Crippen LogP contribution in [0.5, 0.6) is 0 Å². The molecule has 204 valence electrons. The molecule has 4 heterocycles. The van der Waals surface area contributed by atoms with Crippen molar-refractivity contribution in [2.24, 2.45) is 11.8 Å². The lowest BCUT2D eigenvalue weighted by Crippen LogP contribution is -2.66. The molecule has 2 aromatic rings. The minimum Gasteiger partial charge on any atom is -0.480 e. The number of carbonyl (C=O) groups is 1. The number of fused-ring (bicyclic) bond motifs is 5. The van der Waals surface area contributed by atoms with Gasteiger partial charge in [-0.05, 0) is 68.9 Å². The summed E-state index contributed by atoms with van der Waals surface area (Å²) in [6, 6.07) is 8.82. The van der Waals surface area contributed by atoms with Crippen LogP contribution in [0.15, 0.2) is 29.1 Å². The lowest BCUT2D eigenvalue weighted by Gasteiger charge is -2.55. The zero-order chi connectivity index (χ0) is 26.0. The molecule has 8 nitrogen and oxygen atoms in total. The molecule has 38 heavy (non-hydrogen) atoms. The molecule has 1 aromatic carbocycles. The maximum atomic E-state index is 14.1. The molecule has 7 rings (SSSR count). The number of hydrogen-bond acceptors (Lipinski definition) is 6. The highest BCUT2D eigenvalue weighted by molar-refractivity contribution is 5.83. The maximum absolute atomic E-state index is 14.1. The first-order valence-corrected chi connectivity index (χ1v) is 14.8. The minimum atomic E-state index is -0.982. The third kappa shape index (κ3) is 3.98. The van der Waals surface area contributed by atoms with Crippen molar-refractivity contribution < 1.29 is 14.6 Å². The van der Waals surface area contributed by atoms with Gasteiger partial charge in [-0.15, -0.1) is 0 Å². The van der Waals surface area contributed by atoms with Crippen LogP contribution in [0.4, 0.5) is 5.82 Å². The van der Waals surface area contributed by atoms with Crippen LogP contribution in [0, 0.1) is 11.8 Å². The number of para-hydroxylation sites is 2. The van der Waals surface area contributed by atoms with Gasteiger partial charge in [0, 0.05) is 37.8 Å². The van der Waals surface area contributed by atoms with Crippen molar-refractivity contribution in [2.45, 2.75) is 107 Å². The number of piperidine rings is 2. The zero-order valence-electron chi connectivity index (χ0n) is 22.4. The van der Waals surface area contributed by atoms with Crippen molar-refractivity contribution in [1.29, 1.82) is 0 Å². The second-order valence-electron chi connectivity index (χ2n) is 12.6. The first kappa shape index (κ1) is 24.6. The van der Waals surface area contributed by atoms with E-state index in [1.165, 1.54) is 64.9 Å². The molecule has 5 fully saturated rings. The number of carboxylic acids is 1. The molecule has 1 N–H and O–H groups in total. The van der Waals surface area contributed by atoms with E-state index in [-0.39, 0.29) is 17.4 Å². The number of hydrogen-bond donors (Lipinski definition) is 1. The molecule has 1 aromatic heterocycles. The summed E-state index contributed by atoms with van der Waals surface area (Å²) in [5, 5.41) is 9.85. The number of nitrogens with zero attached hydrogens (tertiary/aromatic N) is 4. The number of aromatic nitrogens is 2. The molecule has 3 aliphatic heterocycles. The normalized spacial score (nSPS) is 37.1. The van der Waals surface area contributed by atoms with Crippen molar-refractivity contribution >= 4 is 22.8 Å². The van der Waals surface area contributed by atoms with Crippen LogP contribution in [0.2, 0.25) is 0 Å². The average molecular weight is 521 g/mol. The molecule has 5 aliphatic rings. The van der Waals surface area contributed by atoms with E-state index in [2.05, 4.69) is 4.90 Å². The Balaban J connectivity index is 1.23. The van der Waals surface area contributed by atoms with Crippen LogP contribution >= 0.6 is 0 Å². The molecule has 3 saturated heterocycles. The van der Waals surface area contributed by atoms with Gasteiger partial charge in [0.05, 0.1) is 11.0 Å². The molecule has 8 atom stereocenters. The molecule has 0 amide bonds. The van der Waals surface area contributed by atoms with E-state index < -0.39 is 18.1 Å². The molecular formula is C30H40N4O4. The molecule has 0 radical (unpaired) electrons. The third-order valence-electron chi connectivity index (χ3n) is 10.6. The van der Waals surface area contributed by atoms with Crippen LogP contribution in [-0.2, 0) is 9.53 Å². The van der Waals surface area contributed by atoms with E-state index in [4.69, 9.17) is 9.72 Å². The van der Waals surface area contributed by atoms with Gasteiger partial charge in [-0.3, -0.25) is 9.69 Å². The van der Waals surface area contributed by atoms with E-state index in [0.717, 1.165) is 35.7 Å². The van der Waals surface area contributed by atoms with Crippen molar-refractivity contribution in [3.63, 3.8) is 0 Å². The predicted molar refractivity (Wildman–Crippen MR) is 146 cm³/mol. The summed E-state index contributed by atoms with van der Waals surface area (Å²) in [6.45, 7) is 0.363. The van der Waals surface area contributed by atoms with Gasteiger partial charge in [0.1, 0.15) is 6.10 Å². The highest BCUT2D eigenvalue weighted by atomic mass is 16.5. The molecule has 2 saturated carbocycles. The van der Waals surface area contributed by atoms with Crippen LogP contribution in [-0.4, -0.2) is 69.5 Å². The van der Waals surface area contributed by atoms with Gasteiger partial charge in [0.25, 0.3) is 5.56 Å². The van der Waals surface area contributed by atoms with Crippen LogP contribution in [0.1, 0.15) is 76.7 Å². The van der Waals surface area contributed by atoms with Crippen molar-refractivity contribution in [3.05, 3.63) is 34.6 Å². The van der Waals surface area contributed by atoms with E-state index in [1.54, 1.807) is 4.90 Å². The number of rotatable bonds is 5. The Labute approximate surface area is 224 Å². The standard InChI is InChI=1S/C30H40N4O4/c1-38-26-17-32(27(26)30(36)37)28-29(35)34(25-11-3-2-10-24(25)31-28)23-15-20-8-5-9-21(16-23)33(20)22-13-18-6-4-7-19(12-18)14-22/h2-3,10-11,18-23,26-27H,4-9,12-17H2,1H3,(H,36,37)/t18-,19+,20-,21+,22?,23?,26-,27-/m0/s1. The Morgan fingerprint density at radius 2 is 1.61 bits per heavy atom. The van der Waals surface area contributed by atoms with Crippen LogP contribution in [0.3, 0.4) is 0 Å². The highest BCUT2D eigenvalue weighted by Gasteiger charge is 2.48. The van der Waals surface area contributed by atoms with Crippen LogP contribution < -0.4 is 10.5 Å². The number of aliphatic carboxylic acids is 1. The largest absolute Gasteiger partial charge is 0.480 e. The first-order chi connectivity index (χ1) is 18.5. The molecule has 2 aliphatic carbocycles. The van der Waals surface area contributed by atoms with Crippen molar-refractivity contribution in [3.8, 4) is 0 Å².